The second kappa shape index (κ2) is 9.82. The molecule has 0 fully saturated rings. The van der Waals surface area contributed by atoms with Gasteiger partial charge in [0, 0.05) is 36.1 Å². The quantitative estimate of drug-likeness (QED) is 0.313. The number of hydrogen-bond acceptors (Lipinski definition) is 6. The van der Waals surface area contributed by atoms with Gasteiger partial charge in [0.25, 0.3) is 0 Å². The predicted octanol–water partition coefficient (Wildman–Crippen LogP) is 6.05. The Morgan fingerprint density at radius 2 is 1.28 bits per heavy atom. The van der Waals surface area contributed by atoms with Crippen LogP contribution in [0, 0.1) is 0 Å². The number of carboxylic acids is 1. The van der Waals surface area contributed by atoms with Crippen LogP contribution in [-0.2, 0) is 9.47 Å². The van der Waals surface area contributed by atoms with E-state index in [1.54, 1.807) is 32.4 Å². The van der Waals surface area contributed by atoms with E-state index in [1.165, 1.54) is 11.3 Å². The topological polar surface area (TPSA) is 74.2 Å². The Kier molecular flexibility index (Phi) is 6.70. The van der Waals surface area contributed by atoms with Gasteiger partial charge in [0.15, 0.2) is 11.5 Å². The first kappa shape index (κ1) is 21.8. The molecule has 0 aliphatic rings. The van der Waals surface area contributed by atoms with Gasteiger partial charge < -0.3 is 24.1 Å². The molecule has 1 heterocycles. The van der Waals surface area contributed by atoms with E-state index in [2.05, 4.69) is 0 Å². The van der Waals surface area contributed by atoms with Crippen molar-refractivity contribution in [1.29, 1.82) is 0 Å². The van der Waals surface area contributed by atoms with Gasteiger partial charge in [0.2, 0.25) is 12.6 Å². The third-order valence-corrected chi connectivity index (χ3v) is 5.92. The third-order valence-electron chi connectivity index (χ3n) is 4.83. The van der Waals surface area contributed by atoms with Crippen LogP contribution in [0.15, 0.2) is 78.9 Å². The molecule has 4 rings (SSSR count). The first-order valence-electron chi connectivity index (χ1n) is 9.88. The zero-order chi connectivity index (χ0) is 22.5. The van der Waals surface area contributed by atoms with Crippen molar-refractivity contribution in [3.8, 4) is 11.5 Å². The maximum absolute atomic E-state index is 11.5. The van der Waals surface area contributed by atoms with Crippen LogP contribution in [0.25, 0.3) is 10.1 Å². The van der Waals surface area contributed by atoms with E-state index in [0.29, 0.717) is 11.5 Å². The minimum absolute atomic E-state index is 0.237. The van der Waals surface area contributed by atoms with Crippen LogP contribution in [0.1, 0.15) is 33.4 Å². The fourth-order valence-corrected chi connectivity index (χ4v) is 4.20. The molecule has 0 saturated heterocycles. The number of hydrogen-bond donors (Lipinski definition) is 1. The summed E-state index contributed by atoms with van der Waals surface area (Å²) in [6.07, 6.45) is -1.35. The van der Waals surface area contributed by atoms with Crippen LogP contribution in [-0.4, -0.2) is 25.3 Å². The van der Waals surface area contributed by atoms with Crippen molar-refractivity contribution < 1.29 is 28.8 Å². The number of ether oxygens (including phenoxy) is 4. The van der Waals surface area contributed by atoms with Gasteiger partial charge in [-0.25, -0.2) is 4.79 Å². The lowest BCUT2D eigenvalue weighted by Crippen LogP contribution is -2.13. The zero-order valence-electron chi connectivity index (χ0n) is 17.6. The third kappa shape index (κ3) is 4.75. The Hall–Kier alpha value is -3.39. The van der Waals surface area contributed by atoms with Crippen LogP contribution in [0.4, 0.5) is 0 Å². The fraction of sp³-hybridized carbons (Fsp3) is 0.160. The first-order chi connectivity index (χ1) is 15.6. The van der Waals surface area contributed by atoms with Gasteiger partial charge in [0.1, 0.15) is 4.88 Å². The summed E-state index contributed by atoms with van der Waals surface area (Å²) < 4.78 is 24.3. The summed E-state index contributed by atoms with van der Waals surface area (Å²) in [5.74, 6) is -0.139. The highest BCUT2D eigenvalue weighted by molar-refractivity contribution is 7.20. The molecular formula is C25H22O6S. The van der Waals surface area contributed by atoms with Crippen LogP contribution in [0.2, 0.25) is 0 Å². The number of rotatable bonds is 9. The molecule has 2 atom stereocenters. The summed E-state index contributed by atoms with van der Waals surface area (Å²) >= 11 is 1.17. The SMILES string of the molecule is COC(Oc1cc2cc(C(=O)O)sc2cc1OC(OC)c1ccccc1)c1ccccc1. The smallest absolute Gasteiger partial charge is 0.345 e. The lowest BCUT2D eigenvalue weighted by atomic mass is 10.2. The highest BCUT2D eigenvalue weighted by atomic mass is 32.1. The molecule has 0 radical (unpaired) electrons. The molecule has 1 aromatic heterocycles. The summed E-state index contributed by atoms with van der Waals surface area (Å²) in [5.41, 5.74) is 1.67. The van der Waals surface area contributed by atoms with Crippen molar-refractivity contribution in [2.45, 2.75) is 12.6 Å². The van der Waals surface area contributed by atoms with E-state index in [1.807, 2.05) is 60.7 Å². The average Bonchev–Trinajstić information content (AvgIpc) is 3.25. The highest BCUT2D eigenvalue weighted by Crippen LogP contribution is 2.40. The van der Waals surface area contributed by atoms with E-state index < -0.39 is 18.5 Å². The number of carboxylic acid groups (broad SMARTS) is 1. The van der Waals surface area contributed by atoms with Crippen LogP contribution >= 0.6 is 11.3 Å². The van der Waals surface area contributed by atoms with Gasteiger partial charge in [-0.15, -0.1) is 11.3 Å². The molecule has 164 valence electrons. The summed E-state index contributed by atoms with van der Waals surface area (Å²) in [6, 6.07) is 24.2. The molecule has 2 unspecified atom stereocenters. The van der Waals surface area contributed by atoms with Gasteiger partial charge in [-0.3, -0.25) is 0 Å². The summed E-state index contributed by atoms with van der Waals surface area (Å²) in [6.45, 7) is 0. The lowest BCUT2D eigenvalue weighted by Gasteiger charge is -2.23. The number of fused-ring (bicyclic) bond motifs is 1. The minimum Gasteiger partial charge on any atom is -0.477 e. The second-order valence-corrected chi connectivity index (χ2v) is 8.03. The second-order valence-electron chi connectivity index (χ2n) is 6.94. The molecule has 0 spiro atoms. The van der Waals surface area contributed by atoms with Crippen molar-refractivity contribution >= 4 is 27.4 Å². The number of methoxy groups -OCH3 is 2. The Morgan fingerprint density at radius 1 is 0.781 bits per heavy atom. The number of benzene rings is 3. The molecule has 0 bridgehead atoms. The van der Waals surface area contributed by atoms with E-state index in [9.17, 15) is 9.90 Å². The molecule has 3 aromatic carbocycles. The largest absolute Gasteiger partial charge is 0.477 e. The van der Waals surface area contributed by atoms with Crippen LogP contribution < -0.4 is 9.47 Å². The molecular weight excluding hydrogens is 428 g/mol. The molecule has 0 aliphatic heterocycles. The Balaban J connectivity index is 1.75. The van der Waals surface area contributed by atoms with Crippen molar-refractivity contribution in [2.24, 2.45) is 0 Å². The van der Waals surface area contributed by atoms with Crippen LogP contribution in [0.3, 0.4) is 0 Å². The Labute approximate surface area is 189 Å². The molecule has 4 aromatic rings. The monoisotopic (exact) mass is 450 g/mol. The first-order valence-corrected chi connectivity index (χ1v) is 10.7. The summed E-state index contributed by atoms with van der Waals surface area (Å²) in [7, 11) is 3.12. The van der Waals surface area contributed by atoms with Crippen molar-refractivity contribution in [2.75, 3.05) is 14.2 Å². The van der Waals surface area contributed by atoms with Gasteiger partial charge in [-0.2, -0.15) is 0 Å². The van der Waals surface area contributed by atoms with Crippen molar-refractivity contribution in [1.82, 2.24) is 0 Å². The maximum Gasteiger partial charge on any atom is 0.345 e. The van der Waals surface area contributed by atoms with Gasteiger partial charge in [-0.05, 0) is 17.5 Å². The lowest BCUT2D eigenvalue weighted by molar-refractivity contribution is -0.0728. The van der Waals surface area contributed by atoms with Gasteiger partial charge in [0.05, 0.1) is 0 Å². The summed E-state index contributed by atoms with van der Waals surface area (Å²) in [4.78, 5) is 11.7. The number of carbonyl (C=O) groups is 1. The molecule has 0 saturated carbocycles. The maximum atomic E-state index is 11.5. The van der Waals surface area contributed by atoms with Crippen molar-refractivity contribution in [3.63, 3.8) is 0 Å². The standard InChI is InChI=1S/C25H22O6S/c1-28-24(16-9-5-3-6-10-16)30-19-13-18-14-22(23(26)27)32-21(18)15-20(19)31-25(29-2)17-11-7-4-8-12-17/h3-15,24-25H,1-2H3,(H,26,27). The van der Waals surface area contributed by atoms with Crippen molar-refractivity contribution in [3.05, 3.63) is 94.9 Å². The molecule has 1 N–H and O–H groups in total. The van der Waals surface area contributed by atoms with E-state index in [-0.39, 0.29) is 4.88 Å². The molecule has 7 heteroatoms. The van der Waals surface area contributed by atoms with Crippen LogP contribution in [0.5, 0.6) is 11.5 Å². The molecule has 0 amide bonds. The van der Waals surface area contributed by atoms with E-state index in [0.717, 1.165) is 21.2 Å². The minimum atomic E-state index is -0.978. The zero-order valence-corrected chi connectivity index (χ0v) is 18.4. The van der Waals surface area contributed by atoms with E-state index in [4.69, 9.17) is 18.9 Å². The van der Waals surface area contributed by atoms with Gasteiger partial charge in [-0.1, -0.05) is 60.7 Å². The molecule has 0 aliphatic carbocycles. The number of thiophene rings is 1. The Bertz CT molecular complexity index is 1100. The van der Waals surface area contributed by atoms with Gasteiger partial charge >= 0.3 is 5.97 Å². The fourth-order valence-electron chi connectivity index (χ4n) is 3.29. The predicted molar refractivity (Wildman–Crippen MR) is 122 cm³/mol. The summed E-state index contributed by atoms with van der Waals surface area (Å²) in [5, 5.41) is 10.1. The molecule has 6 nitrogen and oxygen atoms in total. The highest BCUT2D eigenvalue weighted by Gasteiger charge is 2.21. The molecule has 32 heavy (non-hydrogen) atoms. The number of aromatic carboxylic acids is 1. The van der Waals surface area contributed by atoms with E-state index >= 15 is 0 Å². The normalized spacial score (nSPS) is 12.9. The average molecular weight is 451 g/mol. The Morgan fingerprint density at radius 3 is 1.75 bits per heavy atom.